The van der Waals surface area contributed by atoms with Gasteiger partial charge in [0.1, 0.15) is 0 Å². The van der Waals surface area contributed by atoms with Crippen molar-refractivity contribution in [3.63, 3.8) is 0 Å². The van der Waals surface area contributed by atoms with E-state index in [1.165, 1.54) is 5.57 Å². The van der Waals surface area contributed by atoms with E-state index in [1.54, 1.807) is 6.08 Å². The minimum Gasteiger partial charge on any atom is -0.399 e. The Hall–Kier alpha value is -1.24. The van der Waals surface area contributed by atoms with Gasteiger partial charge in [0.05, 0.1) is 0 Å². The van der Waals surface area contributed by atoms with Gasteiger partial charge in [0, 0.05) is 5.70 Å². The molecule has 12 heavy (non-hydrogen) atoms. The van der Waals surface area contributed by atoms with Gasteiger partial charge in [0.15, 0.2) is 0 Å². The van der Waals surface area contributed by atoms with Crippen LogP contribution in [0.5, 0.6) is 0 Å². The monoisotopic (exact) mass is 163 g/mol. The highest BCUT2D eigenvalue weighted by Gasteiger charge is 1.93. The van der Waals surface area contributed by atoms with Crippen molar-refractivity contribution in [1.29, 1.82) is 0 Å². The molecule has 0 aliphatic heterocycles. The van der Waals surface area contributed by atoms with E-state index in [-0.39, 0.29) is 0 Å². The molecule has 0 aromatic carbocycles. The molecule has 1 nitrogen and oxygen atoms in total. The van der Waals surface area contributed by atoms with E-state index in [2.05, 4.69) is 6.58 Å². The molecule has 0 aliphatic rings. The summed E-state index contributed by atoms with van der Waals surface area (Å²) in [5.74, 6) is 0. The first-order valence-electron chi connectivity index (χ1n) is 4.01. The summed E-state index contributed by atoms with van der Waals surface area (Å²) in [6.45, 7) is 9.64. The second kappa shape index (κ2) is 5.42. The van der Waals surface area contributed by atoms with Crippen molar-refractivity contribution in [2.24, 2.45) is 5.73 Å². The molecule has 0 atom stereocenters. The Labute approximate surface area is 75.0 Å². The van der Waals surface area contributed by atoms with Gasteiger partial charge in [-0.05, 0) is 26.3 Å². The SMILES string of the molecule is C=C/C=C(C=C(C)C)\C(N)=C/C. The van der Waals surface area contributed by atoms with E-state index in [9.17, 15) is 0 Å². The zero-order valence-electron chi connectivity index (χ0n) is 8.09. The number of allylic oxidation sites excluding steroid dienone is 5. The van der Waals surface area contributed by atoms with Crippen LogP contribution < -0.4 is 5.73 Å². The predicted molar refractivity (Wildman–Crippen MR) is 55.7 cm³/mol. The summed E-state index contributed by atoms with van der Waals surface area (Å²) in [7, 11) is 0. The van der Waals surface area contributed by atoms with Crippen LogP contribution in [-0.2, 0) is 0 Å². The fourth-order valence-corrected chi connectivity index (χ4v) is 0.832. The fourth-order valence-electron chi connectivity index (χ4n) is 0.832. The molecule has 0 bridgehead atoms. The van der Waals surface area contributed by atoms with Gasteiger partial charge in [0.2, 0.25) is 0 Å². The van der Waals surface area contributed by atoms with Crippen molar-refractivity contribution >= 4 is 0 Å². The Kier molecular flexibility index (Phi) is 4.86. The number of nitrogens with two attached hydrogens (primary N) is 1. The third-order valence-electron chi connectivity index (χ3n) is 1.39. The minimum absolute atomic E-state index is 0.788. The highest BCUT2D eigenvalue weighted by atomic mass is 14.6. The van der Waals surface area contributed by atoms with Crippen molar-refractivity contribution in [2.45, 2.75) is 20.8 Å². The third kappa shape index (κ3) is 3.81. The average Bonchev–Trinajstić information content (AvgIpc) is 2.01. The van der Waals surface area contributed by atoms with Crippen molar-refractivity contribution < 1.29 is 0 Å². The summed E-state index contributed by atoms with van der Waals surface area (Å²) in [5.41, 5.74) is 8.79. The van der Waals surface area contributed by atoms with Crippen LogP contribution in [0.4, 0.5) is 0 Å². The maximum absolute atomic E-state index is 5.75. The zero-order chi connectivity index (χ0) is 9.56. The molecular formula is C11H17N. The van der Waals surface area contributed by atoms with Gasteiger partial charge < -0.3 is 5.73 Å². The van der Waals surface area contributed by atoms with Crippen molar-refractivity contribution in [2.75, 3.05) is 0 Å². The summed E-state index contributed by atoms with van der Waals surface area (Å²) in [6, 6.07) is 0. The van der Waals surface area contributed by atoms with Crippen molar-refractivity contribution in [1.82, 2.24) is 0 Å². The van der Waals surface area contributed by atoms with Crippen LogP contribution in [0.25, 0.3) is 0 Å². The summed E-state index contributed by atoms with van der Waals surface area (Å²) in [6.07, 6.45) is 7.57. The highest BCUT2D eigenvalue weighted by molar-refractivity contribution is 5.40. The van der Waals surface area contributed by atoms with Crippen LogP contribution in [-0.4, -0.2) is 0 Å². The first-order chi connectivity index (χ1) is 5.61. The smallest absolute Gasteiger partial charge is 0.0344 e. The molecule has 0 aromatic rings. The molecule has 1 heteroatoms. The van der Waals surface area contributed by atoms with Gasteiger partial charge in [-0.1, -0.05) is 36.5 Å². The van der Waals surface area contributed by atoms with Gasteiger partial charge in [-0.3, -0.25) is 0 Å². The fraction of sp³-hybridized carbons (Fsp3) is 0.273. The van der Waals surface area contributed by atoms with Gasteiger partial charge >= 0.3 is 0 Å². The lowest BCUT2D eigenvalue weighted by atomic mass is 10.1. The lowest BCUT2D eigenvalue weighted by molar-refractivity contribution is 1.29. The molecule has 0 fully saturated rings. The Morgan fingerprint density at radius 1 is 1.33 bits per heavy atom. The average molecular weight is 163 g/mol. The zero-order valence-corrected chi connectivity index (χ0v) is 8.09. The molecule has 0 saturated carbocycles. The highest BCUT2D eigenvalue weighted by Crippen LogP contribution is 2.08. The Morgan fingerprint density at radius 2 is 1.92 bits per heavy atom. The third-order valence-corrected chi connectivity index (χ3v) is 1.39. The first-order valence-corrected chi connectivity index (χ1v) is 4.01. The van der Waals surface area contributed by atoms with E-state index in [1.807, 2.05) is 39.0 Å². The van der Waals surface area contributed by atoms with Crippen LogP contribution in [0, 0.1) is 0 Å². The molecule has 0 aromatic heterocycles. The van der Waals surface area contributed by atoms with Crippen molar-refractivity contribution in [3.8, 4) is 0 Å². The molecule has 0 aliphatic carbocycles. The lowest BCUT2D eigenvalue weighted by Gasteiger charge is -2.01. The van der Waals surface area contributed by atoms with Gasteiger partial charge in [-0.2, -0.15) is 0 Å². The maximum atomic E-state index is 5.75. The van der Waals surface area contributed by atoms with Crippen LogP contribution >= 0.6 is 0 Å². The van der Waals surface area contributed by atoms with E-state index in [0.29, 0.717) is 0 Å². The van der Waals surface area contributed by atoms with Crippen LogP contribution in [0.3, 0.4) is 0 Å². The molecule has 0 spiro atoms. The Bertz CT molecular complexity index is 238. The van der Waals surface area contributed by atoms with Gasteiger partial charge in [0.25, 0.3) is 0 Å². The Balaban J connectivity index is 4.81. The molecule has 0 rings (SSSR count). The van der Waals surface area contributed by atoms with E-state index >= 15 is 0 Å². The molecular weight excluding hydrogens is 146 g/mol. The van der Waals surface area contributed by atoms with E-state index in [4.69, 9.17) is 5.73 Å². The quantitative estimate of drug-likeness (QED) is 0.636. The molecule has 0 amide bonds. The molecule has 0 radical (unpaired) electrons. The normalized spacial score (nSPS) is 12.6. The molecule has 66 valence electrons. The van der Waals surface area contributed by atoms with E-state index < -0.39 is 0 Å². The largest absolute Gasteiger partial charge is 0.399 e. The summed E-state index contributed by atoms with van der Waals surface area (Å²) in [5, 5.41) is 0. The lowest BCUT2D eigenvalue weighted by Crippen LogP contribution is -1.98. The standard InChI is InChI=1S/C11H17N/c1-5-7-10(8-9(3)4)11(12)6-2/h5-8H,1,12H2,2-4H3/b10-7-,11-6+. The minimum atomic E-state index is 0.788. The summed E-state index contributed by atoms with van der Waals surface area (Å²) >= 11 is 0. The van der Waals surface area contributed by atoms with Crippen LogP contribution in [0.15, 0.2) is 47.7 Å². The topological polar surface area (TPSA) is 26.0 Å². The van der Waals surface area contributed by atoms with Crippen molar-refractivity contribution in [3.05, 3.63) is 47.7 Å². The second-order valence-corrected chi connectivity index (χ2v) is 2.82. The number of hydrogen-bond donors (Lipinski definition) is 1. The first kappa shape index (κ1) is 10.8. The molecule has 0 heterocycles. The molecule has 2 N–H and O–H groups in total. The van der Waals surface area contributed by atoms with Gasteiger partial charge in [-0.15, -0.1) is 0 Å². The predicted octanol–water partition coefficient (Wildman–Crippen LogP) is 2.93. The van der Waals surface area contributed by atoms with Crippen LogP contribution in [0.2, 0.25) is 0 Å². The number of rotatable bonds is 3. The molecule has 0 unspecified atom stereocenters. The van der Waals surface area contributed by atoms with E-state index in [0.717, 1.165) is 11.3 Å². The second-order valence-electron chi connectivity index (χ2n) is 2.82. The maximum Gasteiger partial charge on any atom is 0.0344 e. The Morgan fingerprint density at radius 3 is 2.25 bits per heavy atom. The summed E-state index contributed by atoms with van der Waals surface area (Å²) in [4.78, 5) is 0. The number of hydrogen-bond acceptors (Lipinski definition) is 1. The summed E-state index contributed by atoms with van der Waals surface area (Å²) < 4.78 is 0. The molecule has 0 saturated heterocycles. The van der Waals surface area contributed by atoms with Crippen LogP contribution in [0.1, 0.15) is 20.8 Å². The van der Waals surface area contributed by atoms with Gasteiger partial charge in [-0.25, -0.2) is 0 Å².